The highest BCUT2D eigenvalue weighted by Crippen LogP contribution is 2.38. The van der Waals surface area contributed by atoms with E-state index in [4.69, 9.17) is 0 Å². The van der Waals surface area contributed by atoms with Crippen LogP contribution in [-0.2, 0) is 16.1 Å². The number of esters is 1. The Balaban J connectivity index is 1.99. The van der Waals surface area contributed by atoms with E-state index in [9.17, 15) is 24.8 Å². The Hall–Kier alpha value is -4.08. The fourth-order valence-electron chi connectivity index (χ4n) is 2.63. The van der Waals surface area contributed by atoms with E-state index in [-0.39, 0.29) is 29.4 Å². The molecule has 10 heteroatoms. The molecule has 1 amide bonds. The number of benzene rings is 2. The van der Waals surface area contributed by atoms with E-state index in [0.29, 0.717) is 10.9 Å². The second-order valence-corrected chi connectivity index (χ2v) is 5.66. The first kappa shape index (κ1) is 18.7. The van der Waals surface area contributed by atoms with E-state index < -0.39 is 16.8 Å². The summed E-state index contributed by atoms with van der Waals surface area (Å²) in [6.45, 7) is -0.253. The van der Waals surface area contributed by atoms with Gasteiger partial charge in [0.15, 0.2) is 5.69 Å². The van der Waals surface area contributed by atoms with Crippen LogP contribution >= 0.6 is 0 Å². The highest BCUT2D eigenvalue weighted by molar-refractivity contribution is 5.98. The number of nitro benzene ring substituents is 1. The number of methoxy groups -OCH3 is 1. The van der Waals surface area contributed by atoms with Crippen LogP contribution in [0.1, 0.15) is 10.4 Å². The van der Waals surface area contributed by atoms with Crippen molar-refractivity contribution in [1.82, 2.24) is 4.57 Å². The van der Waals surface area contributed by atoms with Gasteiger partial charge in [0.25, 0.3) is 11.6 Å². The molecule has 0 saturated heterocycles. The van der Waals surface area contributed by atoms with Crippen LogP contribution in [0.25, 0.3) is 10.9 Å². The summed E-state index contributed by atoms with van der Waals surface area (Å²) in [5, 5.41) is 29.1. The molecule has 0 saturated carbocycles. The lowest BCUT2D eigenvalue weighted by atomic mass is 10.2. The molecule has 3 rings (SSSR count). The first-order valence-corrected chi connectivity index (χ1v) is 8.00. The van der Waals surface area contributed by atoms with Crippen LogP contribution in [0.3, 0.4) is 0 Å². The molecule has 0 aliphatic rings. The number of non-ortho nitro benzene ring substituents is 1. The quantitative estimate of drug-likeness (QED) is 0.311. The second-order valence-electron chi connectivity index (χ2n) is 5.66. The third-order valence-corrected chi connectivity index (χ3v) is 3.98. The summed E-state index contributed by atoms with van der Waals surface area (Å²) in [5.74, 6) is -1.75. The molecule has 2 aromatic carbocycles. The van der Waals surface area contributed by atoms with Gasteiger partial charge in [-0.2, -0.15) is 0 Å². The van der Waals surface area contributed by atoms with Crippen LogP contribution in [0.4, 0.5) is 11.4 Å². The third-order valence-electron chi connectivity index (χ3n) is 3.98. The molecule has 142 valence electrons. The predicted molar refractivity (Wildman–Crippen MR) is 97.6 cm³/mol. The van der Waals surface area contributed by atoms with Crippen LogP contribution in [0.2, 0.25) is 0 Å². The fraction of sp³-hybridized carbons (Fsp3) is 0.111. The van der Waals surface area contributed by atoms with Gasteiger partial charge < -0.3 is 9.84 Å². The number of amides is 1. The van der Waals surface area contributed by atoms with Crippen LogP contribution in [0.15, 0.2) is 58.8 Å². The summed E-state index contributed by atoms with van der Waals surface area (Å²) in [7, 11) is 1.23. The van der Waals surface area contributed by atoms with E-state index in [1.54, 1.807) is 24.3 Å². The average Bonchev–Trinajstić information content (AvgIpc) is 2.97. The maximum atomic E-state index is 12.2. The monoisotopic (exact) mass is 382 g/mol. The molecular weight excluding hydrogens is 368 g/mol. The Morgan fingerprint density at radius 3 is 2.68 bits per heavy atom. The number of ether oxygens (including phenoxy) is 1. The van der Waals surface area contributed by atoms with Crippen LogP contribution < -0.4 is 0 Å². The van der Waals surface area contributed by atoms with Gasteiger partial charge in [-0.1, -0.05) is 24.3 Å². The molecule has 3 aromatic rings. The van der Waals surface area contributed by atoms with E-state index in [2.05, 4.69) is 15.0 Å². The molecule has 0 radical (unpaired) electrons. The number of azo groups is 1. The molecule has 0 aliphatic carbocycles. The minimum Gasteiger partial charge on any atom is -0.493 e. The lowest BCUT2D eigenvalue weighted by molar-refractivity contribution is -0.384. The molecule has 0 spiro atoms. The molecule has 1 aromatic heterocycles. The van der Waals surface area contributed by atoms with Crippen LogP contribution in [0, 0.1) is 10.1 Å². The molecule has 0 atom stereocenters. The van der Waals surface area contributed by atoms with Gasteiger partial charge in [-0.15, -0.1) is 10.2 Å². The number of hydrogen-bond acceptors (Lipinski definition) is 7. The molecule has 0 fully saturated rings. The number of aromatic nitrogens is 1. The smallest absolute Gasteiger partial charge is 0.325 e. The number of nitrogens with zero attached hydrogens (tertiary/aromatic N) is 4. The number of nitro groups is 1. The Labute approximate surface area is 157 Å². The Morgan fingerprint density at radius 2 is 1.96 bits per heavy atom. The van der Waals surface area contributed by atoms with Crippen molar-refractivity contribution < 1.29 is 24.4 Å². The van der Waals surface area contributed by atoms with Crippen molar-refractivity contribution in [3.05, 3.63) is 64.2 Å². The number of fused-ring (bicyclic) bond motifs is 1. The van der Waals surface area contributed by atoms with E-state index >= 15 is 0 Å². The van der Waals surface area contributed by atoms with Crippen molar-refractivity contribution in [3.63, 3.8) is 0 Å². The van der Waals surface area contributed by atoms with Gasteiger partial charge >= 0.3 is 5.97 Å². The molecule has 28 heavy (non-hydrogen) atoms. The van der Waals surface area contributed by atoms with Crippen LogP contribution in [0.5, 0.6) is 5.88 Å². The number of para-hydroxylation sites is 1. The number of aromatic hydroxyl groups is 1. The summed E-state index contributed by atoms with van der Waals surface area (Å²) in [5.41, 5.74) is 0.231. The van der Waals surface area contributed by atoms with E-state index in [0.717, 1.165) is 6.07 Å². The Morgan fingerprint density at radius 1 is 1.21 bits per heavy atom. The summed E-state index contributed by atoms with van der Waals surface area (Å²) < 4.78 is 5.90. The molecule has 0 bridgehead atoms. The standard InChI is InChI=1S/C18H14N4O6/c1-28-15(23)10-21-14-8-3-2-7-13(14)16(18(21)25)19-20-17(24)11-5-4-6-12(9-11)22(26)27/h2-9,25H,10H2,1H3. The van der Waals surface area contributed by atoms with Gasteiger partial charge in [-0.3, -0.25) is 24.3 Å². The minimum atomic E-state index is -0.812. The molecule has 1 N–H and O–H groups in total. The third kappa shape index (κ3) is 3.56. The van der Waals surface area contributed by atoms with Gasteiger partial charge in [0.2, 0.25) is 5.88 Å². The van der Waals surface area contributed by atoms with Crippen molar-refractivity contribution >= 4 is 34.2 Å². The first-order chi connectivity index (χ1) is 13.4. The Kier molecular flexibility index (Phi) is 5.12. The number of rotatable bonds is 5. The van der Waals surface area contributed by atoms with Crippen molar-refractivity contribution in [1.29, 1.82) is 0 Å². The number of carbonyl (C=O) groups excluding carboxylic acids is 2. The van der Waals surface area contributed by atoms with Gasteiger partial charge in [-0.25, -0.2) is 0 Å². The van der Waals surface area contributed by atoms with E-state index in [1.165, 1.54) is 29.9 Å². The first-order valence-electron chi connectivity index (χ1n) is 8.00. The predicted octanol–water partition coefficient (Wildman–Crippen LogP) is 3.35. The SMILES string of the molecule is COC(=O)Cn1c(O)c(N=NC(=O)c2cccc([N+](=O)[O-])c2)c2ccccc21. The highest BCUT2D eigenvalue weighted by atomic mass is 16.6. The maximum absolute atomic E-state index is 12.2. The van der Waals surface area contributed by atoms with Crippen molar-refractivity contribution in [2.24, 2.45) is 10.2 Å². The number of hydrogen-bond donors (Lipinski definition) is 1. The zero-order valence-electron chi connectivity index (χ0n) is 14.6. The Bertz CT molecular complexity index is 1120. The van der Waals surface area contributed by atoms with Gasteiger partial charge in [0.1, 0.15) is 6.54 Å². The molecule has 1 heterocycles. The van der Waals surface area contributed by atoms with Crippen molar-refractivity contribution in [2.75, 3.05) is 7.11 Å². The summed E-state index contributed by atoms with van der Waals surface area (Å²) in [6.07, 6.45) is 0. The highest BCUT2D eigenvalue weighted by Gasteiger charge is 2.19. The maximum Gasteiger partial charge on any atom is 0.325 e. The topological polar surface area (TPSA) is 136 Å². The van der Waals surface area contributed by atoms with Crippen LogP contribution in [-0.4, -0.2) is 33.6 Å². The molecule has 0 unspecified atom stereocenters. The van der Waals surface area contributed by atoms with Crippen molar-refractivity contribution in [2.45, 2.75) is 6.54 Å². The molecular formula is C18H14N4O6. The minimum absolute atomic E-state index is 0.00159. The van der Waals surface area contributed by atoms with Gasteiger partial charge in [0.05, 0.1) is 23.1 Å². The summed E-state index contributed by atoms with van der Waals surface area (Å²) in [6, 6.07) is 11.8. The van der Waals surface area contributed by atoms with Gasteiger partial charge in [0, 0.05) is 17.5 Å². The fourth-order valence-corrected chi connectivity index (χ4v) is 2.63. The summed E-state index contributed by atoms with van der Waals surface area (Å²) >= 11 is 0. The summed E-state index contributed by atoms with van der Waals surface area (Å²) in [4.78, 5) is 34.0. The largest absolute Gasteiger partial charge is 0.493 e. The lowest BCUT2D eigenvalue weighted by Gasteiger charge is -2.04. The normalized spacial score (nSPS) is 11.0. The number of carbonyl (C=O) groups is 2. The molecule has 0 aliphatic heterocycles. The average molecular weight is 382 g/mol. The second kappa shape index (κ2) is 7.66. The van der Waals surface area contributed by atoms with E-state index in [1.807, 2.05) is 0 Å². The zero-order valence-corrected chi connectivity index (χ0v) is 14.6. The van der Waals surface area contributed by atoms with Crippen molar-refractivity contribution in [3.8, 4) is 5.88 Å². The van der Waals surface area contributed by atoms with Gasteiger partial charge in [-0.05, 0) is 12.1 Å². The zero-order chi connectivity index (χ0) is 20.3. The molecule has 10 nitrogen and oxygen atoms in total. The lowest BCUT2D eigenvalue weighted by Crippen LogP contribution is -2.10.